The second-order valence-electron chi connectivity index (χ2n) is 7.39. The quantitative estimate of drug-likeness (QED) is 0.541. The third kappa shape index (κ3) is 5.54. The molecule has 3 rings (SSSR count). The fourth-order valence-electron chi connectivity index (χ4n) is 3.08. The number of hydrogen-bond acceptors (Lipinski definition) is 6. The topological polar surface area (TPSA) is 96.5 Å². The number of aliphatic hydroxyl groups excluding tert-OH is 1. The Labute approximate surface area is 176 Å². The van der Waals surface area contributed by atoms with Crippen molar-refractivity contribution in [2.75, 3.05) is 18.8 Å². The molecule has 0 spiro atoms. The van der Waals surface area contributed by atoms with E-state index in [4.69, 9.17) is 5.73 Å². The van der Waals surface area contributed by atoms with E-state index in [1.54, 1.807) is 24.6 Å². The number of thiazole rings is 1. The normalized spacial score (nSPS) is 13.4. The first-order valence-corrected chi connectivity index (χ1v) is 11.7. The Morgan fingerprint density at radius 3 is 2.59 bits per heavy atom. The molecule has 0 fully saturated rings. The second kappa shape index (κ2) is 9.21. The minimum absolute atomic E-state index is 0.0101. The van der Waals surface area contributed by atoms with Gasteiger partial charge in [0, 0.05) is 13.1 Å². The second-order valence-corrected chi connectivity index (χ2v) is 10.4. The summed E-state index contributed by atoms with van der Waals surface area (Å²) in [6.45, 7) is 4.24. The number of nitrogen functional groups attached to an aromatic ring is 1. The number of benzene rings is 2. The van der Waals surface area contributed by atoms with Crippen molar-refractivity contribution in [1.82, 2.24) is 9.29 Å². The third-order valence-electron chi connectivity index (χ3n) is 4.44. The smallest absolute Gasteiger partial charge is 0.243 e. The van der Waals surface area contributed by atoms with Gasteiger partial charge in [0.15, 0.2) is 5.13 Å². The molecule has 6 nitrogen and oxygen atoms in total. The summed E-state index contributed by atoms with van der Waals surface area (Å²) >= 11 is 1.26. The molecular formula is C21H26N3O3S2. The van der Waals surface area contributed by atoms with Gasteiger partial charge >= 0.3 is 0 Å². The lowest BCUT2D eigenvalue weighted by molar-refractivity contribution is 0.167. The molecule has 2 aromatic carbocycles. The lowest BCUT2D eigenvalue weighted by Gasteiger charge is -2.26. The molecule has 3 N–H and O–H groups in total. The van der Waals surface area contributed by atoms with Crippen LogP contribution < -0.4 is 5.73 Å². The first-order chi connectivity index (χ1) is 13.8. The minimum Gasteiger partial charge on any atom is -0.391 e. The van der Waals surface area contributed by atoms with Gasteiger partial charge in [-0.25, -0.2) is 13.4 Å². The summed E-state index contributed by atoms with van der Waals surface area (Å²) in [7, 11) is -3.76. The zero-order chi connectivity index (χ0) is 21.0. The summed E-state index contributed by atoms with van der Waals surface area (Å²) in [6, 6.07) is 14.6. The van der Waals surface area contributed by atoms with E-state index in [0.717, 1.165) is 10.3 Å². The van der Waals surface area contributed by atoms with Crippen molar-refractivity contribution in [3.8, 4) is 0 Å². The molecule has 0 aliphatic rings. The molecule has 1 atom stereocenters. The standard InChI is InChI=1S/C21H26N3O3S2/c1-15(2)13-24(14-17(25)9-8-16-6-4-3-5-7-16)29(26,27)18-10-11-19-20(12-18)28-21(22)23-19/h3-7,9-12,15,17,25H,8,13-14H2,1-2H3,(H2,22,23)/t17-/m1/s1. The lowest BCUT2D eigenvalue weighted by Crippen LogP contribution is -2.40. The van der Waals surface area contributed by atoms with E-state index in [1.807, 2.05) is 44.2 Å². The van der Waals surface area contributed by atoms with Gasteiger partial charge in [0.1, 0.15) is 0 Å². The SMILES string of the molecule is CC(C)CN(C[C@H](O)[CH]Cc1ccccc1)S(=O)(=O)c1ccc2nc(N)sc2c1. The molecule has 0 aliphatic heterocycles. The number of hydrogen-bond donors (Lipinski definition) is 2. The molecule has 1 radical (unpaired) electrons. The molecule has 0 aliphatic carbocycles. The molecule has 0 saturated carbocycles. The van der Waals surface area contributed by atoms with Gasteiger partial charge < -0.3 is 10.8 Å². The van der Waals surface area contributed by atoms with E-state index in [9.17, 15) is 13.5 Å². The maximum Gasteiger partial charge on any atom is 0.243 e. The third-order valence-corrected chi connectivity index (χ3v) is 7.12. The van der Waals surface area contributed by atoms with Gasteiger partial charge in [-0.05, 0) is 42.5 Å². The highest BCUT2D eigenvalue weighted by Crippen LogP contribution is 2.28. The fourth-order valence-corrected chi connectivity index (χ4v) is 5.58. The van der Waals surface area contributed by atoms with Gasteiger partial charge in [-0.1, -0.05) is 55.5 Å². The highest BCUT2D eigenvalue weighted by Gasteiger charge is 2.28. The van der Waals surface area contributed by atoms with Crippen LogP contribution in [0.5, 0.6) is 0 Å². The van der Waals surface area contributed by atoms with Crippen LogP contribution in [0.1, 0.15) is 19.4 Å². The molecule has 0 saturated heterocycles. The van der Waals surface area contributed by atoms with Crippen LogP contribution in [-0.4, -0.2) is 42.0 Å². The molecule has 0 bridgehead atoms. The number of aliphatic hydroxyl groups is 1. The molecule has 0 amide bonds. The highest BCUT2D eigenvalue weighted by atomic mass is 32.2. The fraction of sp³-hybridized carbons (Fsp3) is 0.333. The van der Waals surface area contributed by atoms with Crippen molar-refractivity contribution >= 4 is 36.7 Å². The average Bonchev–Trinajstić information content (AvgIpc) is 3.05. The Morgan fingerprint density at radius 1 is 1.17 bits per heavy atom. The molecule has 1 aromatic heterocycles. The van der Waals surface area contributed by atoms with Crippen LogP contribution in [0.15, 0.2) is 53.4 Å². The number of nitrogens with zero attached hydrogens (tertiary/aromatic N) is 2. The Morgan fingerprint density at radius 2 is 1.90 bits per heavy atom. The van der Waals surface area contributed by atoms with Gasteiger partial charge in [0.05, 0.1) is 21.2 Å². The molecule has 29 heavy (non-hydrogen) atoms. The van der Waals surface area contributed by atoms with Crippen molar-refractivity contribution in [3.05, 3.63) is 60.5 Å². The largest absolute Gasteiger partial charge is 0.391 e. The maximum absolute atomic E-state index is 13.3. The predicted octanol–water partition coefficient (Wildman–Crippen LogP) is 3.33. The monoisotopic (exact) mass is 432 g/mol. The van der Waals surface area contributed by atoms with Crippen molar-refractivity contribution < 1.29 is 13.5 Å². The molecule has 8 heteroatoms. The van der Waals surface area contributed by atoms with E-state index in [2.05, 4.69) is 4.98 Å². The molecular weight excluding hydrogens is 406 g/mol. The van der Waals surface area contributed by atoms with Crippen LogP contribution in [0, 0.1) is 12.3 Å². The van der Waals surface area contributed by atoms with Crippen molar-refractivity contribution in [2.45, 2.75) is 31.3 Å². The first kappa shape index (κ1) is 21.7. The summed E-state index contributed by atoms with van der Waals surface area (Å²) in [5, 5.41) is 10.9. The highest BCUT2D eigenvalue weighted by molar-refractivity contribution is 7.89. The zero-order valence-corrected chi connectivity index (χ0v) is 18.2. The molecule has 155 valence electrons. The first-order valence-electron chi connectivity index (χ1n) is 9.47. The van der Waals surface area contributed by atoms with Crippen molar-refractivity contribution in [3.63, 3.8) is 0 Å². The van der Waals surface area contributed by atoms with Gasteiger partial charge in [-0.15, -0.1) is 0 Å². The van der Waals surface area contributed by atoms with Gasteiger partial charge in [0.25, 0.3) is 0 Å². The van der Waals surface area contributed by atoms with Crippen LogP contribution in [0.25, 0.3) is 10.2 Å². The van der Waals surface area contributed by atoms with E-state index in [0.29, 0.717) is 23.6 Å². The Bertz CT molecular complexity index is 1050. The molecule has 1 heterocycles. The number of rotatable bonds is 9. The summed E-state index contributed by atoms with van der Waals surface area (Å²) < 4.78 is 28.6. The average molecular weight is 433 g/mol. The van der Waals surface area contributed by atoms with Crippen molar-refractivity contribution in [1.29, 1.82) is 0 Å². The Hall–Kier alpha value is -2.00. The van der Waals surface area contributed by atoms with Crippen LogP contribution in [0.3, 0.4) is 0 Å². The van der Waals surface area contributed by atoms with Crippen LogP contribution >= 0.6 is 11.3 Å². The van der Waals surface area contributed by atoms with E-state index in [-0.39, 0.29) is 17.4 Å². The zero-order valence-electron chi connectivity index (χ0n) is 16.5. The van der Waals surface area contributed by atoms with Crippen LogP contribution in [-0.2, 0) is 16.4 Å². The predicted molar refractivity (Wildman–Crippen MR) is 118 cm³/mol. The summed E-state index contributed by atoms with van der Waals surface area (Å²) in [6.07, 6.45) is 1.45. The summed E-state index contributed by atoms with van der Waals surface area (Å²) in [5.74, 6) is 0.119. The van der Waals surface area contributed by atoms with Crippen LogP contribution in [0.4, 0.5) is 5.13 Å². The van der Waals surface area contributed by atoms with Crippen LogP contribution in [0.2, 0.25) is 0 Å². The van der Waals surface area contributed by atoms with Gasteiger partial charge in [0.2, 0.25) is 10.0 Å². The van der Waals surface area contributed by atoms with E-state index in [1.165, 1.54) is 15.6 Å². The van der Waals surface area contributed by atoms with Gasteiger partial charge in [-0.2, -0.15) is 4.31 Å². The Kier molecular flexibility index (Phi) is 6.89. The maximum atomic E-state index is 13.3. The van der Waals surface area contributed by atoms with Crippen molar-refractivity contribution in [2.24, 2.45) is 5.92 Å². The van der Waals surface area contributed by atoms with Gasteiger partial charge in [-0.3, -0.25) is 0 Å². The lowest BCUT2D eigenvalue weighted by atomic mass is 10.1. The number of fused-ring (bicyclic) bond motifs is 1. The number of sulfonamides is 1. The number of nitrogens with two attached hydrogens (primary N) is 1. The number of anilines is 1. The summed E-state index contributed by atoms with van der Waals surface area (Å²) in [4.78, 5) is 4.36. The molecule has 0 unspecified atom stereocenters. The Balaban J connectivity index is 1.78. The number of aromatic nitrogens is 1. The minimum atomic E-state index is -3.76. The molecule has 3 aromatic rings. The van der Waals surface area contributed by atoms with E-state index < -0.39 is 16.1 Å². The van der Waals surface area contributed by atoms with E-state index >= 15 is 0 Å². The summed E-state index contributed by atoms with van der Waals surface area (Å²) in [5.41, 5.74) is 7.48.